The lowest BCUT2D eigenvalue weighted by molar-refractivity contribution is -0.137. The second-order valence-corrected chi connectivity index (χ2v) is 12.3. The summed E-state index contributed by atoms with van der Waals surface area (Å²) in [6.07, 6.45) is 6.26. The minimum absolute atomic E-state index is 0.0583. The van der Waals surface area contributed by atoms with Crippen molar-refractivity contribution in [2.75, 3.05) is 6.54 Å². The Kier molecular flexibility index (Phi) is 9.57. The van der Waals surface area contributed by atoms with Crippen LogP contribution in [0.25, 0.3) is 11.1 Å². The Labute approximate surface area is 258 Å². The molecule has 0 unspecified atom stereocenters. The molecule has 1 aliphatic heterocycles. The van der Waals surface area contributed by atoms with Gasteiger partial charge in [0.15, 0.2) is 0 Å². The maximum Gasteiger partial charge on any atom is 0.305 e. The van der Waals surface area contributed by atoms with E-state index in [0.717, 1.165) is 67.2 Å². The zero-order valence-corrected chi connectivity index (χ0v) is 25.4. The van der Waals surface area contributed by atoms with Gasteiger partial charge in [0.2, 0.25) is 0 Å². The van der Waals surface area contributed by atoms with E-state index in [0.29, 0.717) is 17.2 Å². The van der Waals surface area contributed by atoms with E-state index in [-0.39, 0.29) is 36.6 Å². The van der Waals surface area contributed by atoms with Gasteiger partial charge in [-0.15, -0.1) is 0 Å². The van der Waals surface area contributed by atoms with E-state index in [1.807, 2.05) is 41.3 Å². The highest BCUT2D eigenvalue weighted by Gasteiger charge is 2.50. The molecule has 8 heteroatoms. The van der Waals surface area contributed by atoms with E-state index in [2.05, 4.69) is 19.2 Å². The van der Waals surface area contributed by atoms with Crippen LogP contribution >= 0.6 is 0 Å². The summed E-state index contributed by atoms with van der Waals surface area (Å²) in [5, 5.41) is 11.5. The van der Waals surface area contributed by atoms with Crippen molar-refractivity contribution in [3.05, 3.63) is 95.3 Å². The van der Waals surface area contributed by atoms with E-state index in [4.69, 9.17) is 10.1 Å². The first-order chi connectivity index (χ1) is 21.2. The van der Waals surface area contributed by atoms with Crippen molar-refractivity contribution < 1.29 is 23.9 Å². The summed E-state index contributed by atoms with van der Waals surface area (Å²) in [7, 11) is 0. The van der Waals surface area contributed by atoms with Gasteiger partial charge < -0.3 is 15.3 Å². The highest BCUT2D eigenvalue weighted by Crippen LogP contribution is 2.46. The molecule has 5 rings (SSSR count). The van der Waals surface area contributed by atoms with Gasteiger partial charge in [-0.2, -0.15) is 0 Å². The van der Waals surface area contributed by atoms with Crippen molar-refractivity contribution in [2.24, 2.45) is 10.9 Å². The number of aliphatic carboxylic acids is 1. The Hall–Kier alpha value is -4.33. The molecule has 1 aliphatic carbocycles. The summed E-state index contributed by atoms with van der Waals surface area (Å²) in [5.74, 6) is -1.21. The largest absolute Gasteiger partial charge is 0.481 e. The SMILES string of the molecule is CC(C)CC[C@H](c1ccc(C(=O)NCCC(=O)O)cc1)N1C(=O)C(c2ccc(-c3ccc(F)cc3)cc2)=NC12CCCCC2. The highest BCUT2D eigenvalue weighted by molar-refractivity contribution is 6.46. The Bertz CT molecular complexity index is 1510. The van der Waals surface area contributed by atoms with Gasteiger partial charge in [0.05, 0.1) is 12.5 Å². The summed E-state index contributed by atoms with van der Waals surface area (Å²) in [6.45, 7) is 4.41. The predicted molar refractivity (Wildman–Crippen MR) is 169 cm³/mol. The summed E-state index contributed by atoms with van der Waals surface area (Å²) in [4.78, 5) is 45.1. The molecule has 44 heavy (non-hydrogen) atoms. The quantitative estimate of drug-likeness (QED) is 0.245. The molecule has 3 aromatic carbocycles. The molecule has 230 valence electrons. The monoisotopic (exact) mass is 597 g/mol. The van der Waals surface area contributed by atoms with E-state index >= 15 is 0 Å². The van der Waals surface area contributed by atoms with Crippen molar-refractivity contribution in [3.8, 4) is 11.1 Å². The number of nitrogens with one attached hydrogen (secondary N) is 1. The molecule has 0 radical (unpaired) electrons. The van der Waals surface area contributed by atoms with Gasteiger partial charge in [-0.1, -0.05) is 68.8 Å². The summed E-state index contributed by atoms with van der Waals surface area (Å²) >= 11 is 0. The standard InChI is InChI=1S/C36H40FN3O4/c1-24(2)6-19-31(27-9-13-29(14-10-27)34(43)38-23-20-32(41)42)40-35(44)33(39-36(40)21-4-3-5-22-36)28-11-7-25(8-12-28)26-15-17-30(37)18-16-26/h7-18,24,31H,3-6,19-23H2,1-2H3,(H,38,43)(H,41,42)/t31-/m1/s1. The van der Waals surface area contributed by atoms with Crippen LogP contribution in [0.2, 0.25) is 0 Å². The third-order valence-corrected chi connectivity index (χ3v) is 8.69. The van der Waals surface area contributed by atoms with Crippen LogP contribution < -0.4 is 5.32 Å². The minimum Gasteiger partial charge on any atom is -0.481 e. The number of nitrogens with zero attached hydrogens (tertiary/aromatic N) is 2. The molecule has 1 atom stereocenters. The van der Waals surface area contributed by atoms with E-state index in [1.165, 1.54) is 12.1 Å². The van der Waals surface area contributed by atoms with Gasteiger partial charge in [0, 0.05) is 17.7 Å². The minimum atomic E-state index is -0.967. The molecule has 7 nitrogen and oxygen atoms in total. The van der Waals surface area contributed by atoms with Crippen LogP contribution in [0.3, 0.4) is 0 Å². The van der Waals surface area contributed by atoms with Crippen LogP contribution in [0.5, 0.6) is 0 Å². The van der Waals surface area contributed by atoms with E-state index < -0.39 is 11.6 Å². The Morgan fingerprint density at radius 1 is 0.886 bits per heavy atom. The Balaban J connectivity index is 1.45. The molecule has 1 spiro atoms. The number of carbonyl (C=O) groups is 3. The molecular formula is C36H40FN3O4. The number of benzene rings is 3. The third-order valence-electron chi connectivity index (χ3n) is 8.69. The third kappa shape index (κ3) is 6.90. The van der Waals surface area contributed by atoms with Gasteiger partial charge in [0.1, 0.15) is 17.2 Å². The van der Waals surface area contributed by atoms with Gasteiger partial charge in [0.25, 0.3) is 11.8 Å². The number of carboxylic acid groups (broad SMARTS) is 1. The molecule has 1 fully saturated rings. The topological polar surface area (TPSA) is 99.1 Å². The number of carbonyl (C=O) groups excluding carboxylic acids is 2. The lowest BCUT2D eigenvalue weighted by Crippen LogP contribution is -2.50. The maximum atomic E-state index is 14.4. The molecule has 0 aromatic heterocycles. The first-order valence-corrected chi connectivity index (χ1v) is 15.6. The molecule has 2 N–H and O–H groups in total. The predicted octanol–water partition coefficient (Wildman–Crippen LogP) is 7.17. The van der Waals surface area contributed by atoms with Crippen molar-refractivity contribution >= 4 is 23.5 Å². The number of amides is 2. The second-order valence-electron chi connectivity index (χ2n) is 12.3. The molecule has 1 heterocycles. The van der Waals surface area contributed by atoms with Crippen molar-refractivity contribution in [1.29, 1.82) is 0 Å². The Morgan fingerprint density at radius 2 is 1.48 bits per heavy atom. The fourth-order valence-electron chi connectivity index (χ4n) is 6.34. The lowest BCUT2D eigenvalue weighted by Gasteiger charge is -2.44. The van der Waals surface area contributed by atoms with Crippen LogP contribution in [0, 0.1) is 11.7 Å². The normalized spacial score (nSPS) is 16.7. The van der Waals surface area contributed by atoms with Gasteiger partial charge in [-0.3, -0.25) is 19.4 Å². The smallest absolute Gasteiger partial charge is 0.305 e. The van der Waals surface area contributed by atoms with Crippen LogP contribution in [-0.4, -0.2) is 45.7 Å². The van der Waals surface area contributed by atoms with E-state index in [1.54, 1.807) is 24.3 Å². The number of halogens is 1. The fraction of sp³-hybridized carbons (Fsp3) is 0.389. The van der Waals surface area contributed by atoms with Crippen LogP contribution in [0.4, 0.5) is 4.39 Å². The first-order valence-electron chi connectivity index (χ1n) is 15.6. The zero-order chi connectivity index (χ0) is 31.3. The van der Waals surface area contributed by atoms with Crippen LogP contribution in [0.15, 0.2) is 77.8 Å². The molecular weight excluding hydrogens is 557 g/mol. The fourth-order valence-corrected chi connectivity index (χ4v) is 6.34. The highest BCUT2D eigenvalue weighted by atomic mass is 19.1. The van der Waals surface area contributed by atoms with Gasteiger partial charge in [-0.05, 0) is 85.4 Å². The second kappa shape index (κ2) is 13.5. The summed E-state index contributed by atoms with van der Waals surface area (Å²) in [5.41, 5.74) is 3.86. The molecule has 2 amide bonds. The number of hydrogen-bond acceptors (Lipinski definition) is 4. The number of aliphatic imine (C=N–C) groups is 1. The molecule has 1 saturated carbocycles. The van der Waals surface area contributed by atoms with Gasteiger partial charge >= 0.3 is 5.97 Å². The van der Waals surface area contributed by atoms with Crippen molar-refractivity contribution in [3.63, 3.8) is 0 Å². The number of rotatable bonds is 11. The molecule has 0 bridgehead atoms. The lowest BCUT2D eigenvalue weighted by atomic mass is 9.85. The average Bonchev–Trinajstić information content (AvgIpc) is 3.28. The summed E-state index contributed by atoms with van der Waals surface area (Å²) in [6, 6.07) is 21.2. The number of hydrogen-bond donors (Lipinski definition) is 2. The first kappa shape index (κ1) is 31.1. The summed E-state index contributed by atoms with van der Waals surface area (Å²) < 4.78 is 13.4. The molecule has 3 aromatic rings. The van der Waals surface area contributed by atoms with Crippen LogP contribution in [-0.2, 0) is 9.59 Å². The van der Waals surface area contributed by atoms with Crippen molar-refractivity contribution in [2.45, 2.75) is 76.9 Å². The number of carboxylic acids is 1. The molecule has 2 aliphatic rings. The average molecular weight is 598 g/mol. The van der Waals surface area contributed by atoms with E-state index in [9.17, 15) is 18.8 Å². The van der Waals surface area contributed by atoms with Crippen LogP contribution in [0.1, 0.15) is 92.7 Å². The van der Waals surface area contributed by atoms with Gasteiger partial charge in [-0.25, -0.2) is 4.39 Å². The van der Waals surface area contributed by atoms with Crippen molar-refractivity contribution in [1.82, 2.24) is 10.2 Å². The zero-order valence-electron chi connectivity index (χ0n) is 25.4. The Morgan fingerprint density at radius 3 is 2.07 bits per heavy atom. The maximum absolute atomic E-state index is 14.4. The molecule has 0 saturated heterocycles.